The molecule has 0 amide bonds. The van der Waals surface area contributed by atoms with Gasteiger partial charge in [0.25, 0.3) is 0 Å². The molecule has 4 heteroatoms. The fourth-order valence-corrected chi connectivity index (χ4v) is 0. The molecule has 0 saturated carbocycles. The van der Waals surface area contributed by atoms with Crippen molar-refractivity contribution >= 4 is 11.6 Å². The molecule has 34 valence electrons. The van der Waals surface area contributed by atoms with Crippen LogP contribution < -0.4 is 0 Å². The van der Waals surface area contributed by atoms with Crippen molar-refractivity contribution in [3.05, 3.63) is 0 Å². The van der Waals surface area contributed by atoms with Gasteiger partial charge in [-0.2, -0.15) is 0 Å². The van der Waals surface area contributed by atoms with E-state index in [0.29, 0.717) is 6.07 Å². The molecule has 0 N–H and O–H groups in total. The van der Waals surface area contributed by atoms with Crippen molar-refractivity contribution in [2.45, 2.75) is 0 Å². The number of hydrogen-bond acceptors (Lipinski definition) is 1. The van der Waals surface area contributed by atoms with Gasteiger partial charge in [-0.25, -0.2) is 0 Å². The van der Waals surface area contributed by atoms with E-state index in [0.717, 1.165) is 0 Å². The average Bonchev–Trinajstić information content (AvgIpc) is 1.37. The van der Waals surface area contributed by atoms with Crippen molar-refractivity contribution < 1.29 is 29.7 Å². The molecule has 0 aliphatic rings. The minimum absolute atomic E-state index is 0. The topological polar surface area (TPSA) is 37.7 Å². The summed E-state index contributed by atoms with van der Waals surface area (Å²) in [6.07, 6.45) is 0. The van der Waals surface area contributed by atoms with E-state index >= 15 is 0 Å². The first-order valence-electron chi connectivity index (χ1n) is 0.964. The zero-order chi connectivity index (χ0) is 3.41. The Bertz CT molecular complexity index is 13.5. The summed E-state index contributed by atoms with van der Waals surface area (Å²) in [4.78, 5) is 0. The maximum atomic E-state index is 4.96. The fraction of sp³-hybridized carbons (Fsp3) is 1.00. The van der Waals surface area contributed by atoms with Gasteiger partial charge in [0, 0.05) is 7.11 Å². The number of alkyl halides is 1. The number of hydrogen-bond donors (Lipinski definition) is 0. The Labute approximate surface area is 54.9 Å². The van der Waals surface area contributed by atoms with Gasteiger partial charge in [-0.05, 0) is 0 Å². The van der Waals surface area contributed by atoms with Crippen LogP contribution in [0.15, 0.2) is 0 Å². The van der Waals surface area contributed by atoms with Gasteiger partial charge in [0.2, 0.25) is 0 Å². The molecule has 0 unspecified atom stereocenters. The van der Waals surface area contributed by atoms with Gasteiger partial charge in [0.05, 0.1) is 0 Å². The minimum Gasteiger partial charge on any atom is -2.00 e. The first kappa shape index (κ1) is 15.8. The Morgan fingerprint density at radius 1 is 1.67 bits per heavy atom. The average molecular weight is 162 g/mol. The molecule has 0 radical (unpaired) electrons. The van der Waals surface area contributed by atoms with Gasteiger partial charge >= 0.3 is 19.5 Å². The van der Waals surface area contributed by atoms with E-state index in [4.69, 9.17) is 11.6 Å². The van der Waals surface area contributed by atoms with E-state index in [1.54, 1.807) is 7.11 Å². The van der Waals surface area contributed by atoms with Crippen LogP contribution in [0, 0.1) is 0 Å². The molecule has 0 aliphatic heterocycles. The van der Waals surface area contributed by atoms with Crippen molar-refractivity contribution in [3.63, 3.8) is 0 Å². The number of ether oxygens (including phenoxy) is 1. The summed E-state index contributed by atoms with van der Waals surface area (Å²) >= 11 is 4.96. The maximum absolute atomic E-state index is 4.96. The molecule has 0 heterocycles. The summed E-state index contributed by atoms with van der Waals surface area (Å²) in [5, 5.41) is 0. The number of methoxy groups -OCH3 is 1. The molecule has 0 spiro atoms. The molecular formula is C2H5ClO2Zn. The Balaban J connectivity index is -0.0000000450. The third-order valence-electron chi connectivity index (χ3n) is 0.109. The number of rotatable bonds is 1. The molecule has 0 bridgehead atoms. The molecule has 0 aromatic rings. The molecular weight excluding hydrogens is 157 g/mol. The minimum atomic E-state index is 0. The van der Waals surface area contributed by atoms with Crippen LogP contribution in [0.5, 0.6) is 0 Å². The zero-order valence-electron chi connectivity index (χ0n) is 3.61. The van der Waals surface area contributed by atoms with E-state index in [1.165, 1.54) is 0 Å². The van der Waals surface area contributed by atoms with Crippen LogP contribution in [0.3, 0.4) is 0 Å². The molecule has 0 atom stereocenters. The molecule has 0 fully saturated rings. The molecule has 0 aliphatic carbocycles. The summed E-state index contributed by atoms with van der Waals surface area (Å²) in [6, 6.07) is 0.292. The maximum Gasteiger partial charge on any atom is 2.00 e. The second-order valence-corrected chi connectivity index (χ2v) is 0.616. The number of halogens is 1. The zero-order valence-corrected chi connectivity index (χ0v) is 7.33. The molecule has 0 aromatic heterocycles. The largest absolute Gasteiger partial charge is 2.00 e. The monoisotopic (exact) mass is 160 g/mol. The van der Waals surface area contributed by atoms with Crippen LogP contribution in [0.4, 0.5) is 0 Å². The second-order valence-electron chi connectivity index (χ2n) is 0.398. The molecule has 6 heavy (non-hydrogen) atoms. The molecule has 2 nitrogen and oxygen atoms in total. The van der Waals surface area contributed by atoms with Crippen LogP contribution in [-0.4, -0.2) is 13.2 Å². The quantitative estimate of drug-likeness (QED) is 0.413. The van der Waals surface area contributed by atoms with Crippen LogP contribution in [-0.2, 0) is 29.7 Å². The standard InChI is InChI=1S/C2H5ClO.O.Zn/c1-4-2-3;;/h2H2,1H3;;/q;-2;+2. The van der Waals surface area contributed by atoms with Crippen molar-refractivity contribution in [2.75, 3.05) is 13.2 Å². The SMILES string of the molecule is COCCl.[O-2].[Zn+2]. The van der Waals surface area contributed by atoms with Gasteiger partial charge in [-0.3, -0.25) is 0 Å². The predicted octanol–water partition coefficient (Wildman–Crippen LogP) is 0.708. The van der Waals surface area contributed by atoms with Crippen molar-refractivity contribution in [3.8, 4) is 0 Å². The summed E-state index contributed by atoms with van der Waals surface area (Å²) in [7, 11) is 1.55. The van der Waals surface area contributed by atoms with Gasteiger partial charge in [-0.15, -0.1) is 0 Å². The van der Waals surface area contributed by atoms with Gasteiger partial charge in [0.15, 0.2) is 0 Å². The normalized spacial score (nSPS) is 5.00. The van der Waals surface area contributed by atoms with Crippen LogP contribution >= 0.6 is 11.6 Å². The van der Waals surface area contributed by atoms with Gasteiger partial charge in [-0.1, -0.05) is 11.6 Å². The summed E-state index contributed by atoms with van der Waals surface area (Å²) in [6.45, 7) is 0. The van der Waals surface area contributed by atoms with Crippen molar-refractivity contribution in [1.29, 1.82) is 0 Å². The summed E-state index contributed by atoms with van der Waals surface area (Å²) in [5.41, 5.74) is 0. The van der Waals surface area contributed by atoms with Crippen molar-refractivity contribution in [2.24, 2.45) is 0 Å². The first-order chi connectivity index (χ1) is 1.91. The van der Waals surface area contributed by atoms with E-state index in [9.17, 15) is 0 Å². The van der Waals surface area contributed by atoms with E-state index in [1.807, 2.05) is 0 Å². The van der Waals surface area contributed by atoms with Crippen molar-refractivity contribution in [1.82, 2.24) is 0 Å². The predicted molar refractivity (Wildman–Crippen MR) is 18.4 cm³/mol. The van der Waals surface area contributed by atoms with E-state index in [-0.39, 0.29) is 25.0 Å². The second kappa shape index (κ2) is 17.0. The van der Waals surface area contributed by atoms with Crippen LogP contribution in [0.25, 0.3) is 0 Å². The Morgan fingerprint density at radius 2 is 1.83 bits per heavy atom. The van der Waals surface area contributed by atoms with E-state index in [2.05, 4.69) is 4.74 Å². The molecule has 0 rings (SSSR count). The Morgan fingerprint density at radius 3 is 1.83 bits per heavy atom. The third-order valence-corrected chi connectivity index (χ3v) is 0.327. The molecule has 0 aromatic carbocycles. The Kier molecular flexibility index (Phi) is 44.8. The third kappa shape index (κ3) is 21.1. The van der Waals surface area contributed by atoms with E-state index < -0.39 is 0 Å². The summed E-state index contributed by atoms with van der Waals surface area (Å²) < 4.78 is 4.31. The van der Waals surface area contributed by atoms with Gasteiger partial charge in [0.1, 0.15) is 6.07 Å². The van der Waals surface area contributed by atoms with Crippen LogP contribution in [0.1, 0.15) is 0 Å². The summed E-state index contributed by atoms with van der Waals surface area (Å²) in [5.74, 6) is 0. The smallest absolute Gasteiger partial charge is 2.00 e. The molecule has 0 saturated heterocycles. The fourth-order valence-electron chi connectivity index (χ4n) is 0. The Hall–Kier alpha value is 0.833. The first-order valence-corrected chi connectivity index (χ1v) is 1.50. The van der Waals surface area contributed by atoms with Gasteiger partial charge < -0.3 is 10.2 Å². The van der Waals surface area contributed by atoms with Crippen LogP contribution in [0.2, 0.25) is 0 Å².